The Hall–Kier alpha value is -3.75. The Balaban J connectivity index is 1.33. The number of hydrogen-bond donors (Lipinski definition) is 2. The SMILES string of the molecule is Cc1ncccc1-c1cc([C@@H]2CCN2c2nccc(Nc3cc(C(C)(C)C)[nH]n3)n2)on1. The van der Waals surface area contributed by atoms with E-state index in [1.54, 1.807) is 12.4 Å². The van der Waals surface area contributed by atoms with Crippen molar-refractivity contribution in [2.45, 2.75) is 45.6 Å². The summed E-state index contributed by atoms with van der Waals surface area (Å²) in [5.41, 5.74) is 3.75. The number of nitrogens with one attached hydrogen (secondary N) is 2. The molecule has 0 unspecified atom stereocenters. The summed E-state index contributed by atoms with van der Waals surface area (Å²) >= 11 is 0. The van der Waals surface area contributed by atoms with Crippen LogP contribution in [0.4, 0.5) is 17.6 Å². The molecule has 9 heteroatoms. The van der Waals surface area contributed by atoms with E-state index in [4.69, 9.17) is 9.51 Å². The number of pyridine rings is 1. The number of nitrogens with zero attached hydrogens (tertiary/aromatic N) is 6. The molecule has 0 radical (unpaired) electrons. The van der Waals surface area contributed by atoms with Gasteiger partial charge in [-0.25, -0.2) is 4.98 Å². The summed E-state index contributed by atoms with van der Waals surface area (Å²) in [5.74, 6) is 2.87. The summed E-state index contributed by atoms with van der Waals surface area (Å²) in [5, 5.41) is 15.0. The molecule has 4 aromatic heterocycles. The van der Waals surface area contributed by atoms with Crippen molar-refractivity contribution in [1.82, 2.24) is 30.3 Å². The lowest BCUT2D eigenvalue weighted by molar-refractivity contribution is 0.315. The van der Waals surface area contributed by atoms with Gasteiger partial charge in [0.2, 0.25) is 5.95 Å². The first-order valence-electron chi connectivity index (χ1n) is 10.7. The number of hydrogen-bond acceptors (Lipinski definition) is 8. The van der Waals surface area contributed by atoms with E-state index in [1.165, 1.54) is 0 Å². The molecule has 4 aromatic rings. The Morgan fingerprint density at radius 1 is 1.12 bits per heavy atom. The van der Waals surface area contributed by atoms with Gasteiger partial charge in [0.05, 0.1) is 6.04 Å². The summed E-state index contributed by atoms with van der Waals surface area (Å²) in [6.07, 6.45) is 4.48. The number of anilines is 3. The zero-order valence-corrected chi connectivity index (χ0v) is 18.6. The number of rotatable bonds is 5. The minimum atomic E-state index is -0.00109. The molecule has 0 aromatic carbocycles. The molecule has 9 nitrogen and oxygen atoms in total. The molecule has 0 aliphatic carbocycles. The van der Waals surface area contributed by atoms with Gasteiger partial charge in [-0.05, 0) is 31.5 Å². The summed E-state index contributed by atoms with van der Waals surface area (Å²) in [7, 11) is 0. The van der Waals surface area contributed by atoms with Crippen molar-refractivity contribution in [3.63, 3.8) is 0 Å². The molecule has 0 amide bonds. The smallest absolute Gasteiger partial charge is 0.227 e. The number of aryl methyl sites for hydroxylation is 1. The zero-order valence-electron chi connectivity index (χ0n) is 18.6. The normalized spacial score (nSPS) is 16.1. The van der Waals surface area contributed by atoms with Crippen LogP contribution in [-0.2, 0) is 5.41 Å². The van der Waals surface area contributed by atoms with E-state index in [0.29, 0.717) is 11.8 Å². The van der Waals surface area contributed by atoms with Gasteiger partial charge in [0, 0.05) is 53.4 Å². The van der Waals surface area contributed by atoms with Crippen molar-refractivity contribution < 1.29 is 4.52 Å². The van der Waals surface area contributed by atoms with E-state index in [-0.39, 0.29) is 11.5 Å². The van der Waals surface area contributed by atoms with Crippen molar-refractivity contribution >= 4 is 17.6 Å². The Morgan fingerprint density at radius 3 is 2.72 bits per heavy atom. The lowest BCUT2D eigenvalue weighted by Gasteiger charge is -2.39. The molecule has 0 bridgehead atoms. The van der Waals surface area contributed by atoms with Crippen LogP contribution in [0.2, 0.25) is 0 Å². The van der Waals surface area contributed by atoms with Crippen molar-refractivity contribution in [2.24, 2.45) is 0 Å². The highest BCUT2D eigenvalue weighted by atomic mass is 16.5. The van der Waals surface area contributed by atoms with Crippen LogP contribution < -0.4 is 10.2 Å². The van der Waals surface area contributed by atoms with E-state index in [2.05, 4.69) is 56.3 Å². The third-order valence-corrected chi connectivity index (χ3v) is 5.70. The first kappa shape index (κ1) is 20.2. The highest BCUT2D eigenvalue weighted by Gasteiger charge is 2.35. The maximum atomic E-state index is 5.69. The van der Waals surface area contributed by atoms with Gasteiger partial charge in [-0.15, -0.1) is 0 Å². The minimum Gasteiger partial charge on any atom is -0.359 e. The molecule has 1 aliphatic rings. The van der Waals surface area contributed by atoms with Gasteiger partial charge in [0.25, 0.3) is 0 Å². The van der Waals surface area contributed by atoms with Gasteiger partial charge in [0.1, 0.15) is 11.5 Å². The molecule has 1 atom stereocenters. The third-order valence-electron chi connectivity index (χ3n) is 5.70. The first-order chi connectivity index (χ1) is 15.4. The summed E-state index contributed by atoms with van der Waals surface area (Å²) < 4.78 is 5.69. The summed E-state index contributed by atoms with van der Waals surface area (Å²) in [4.78, 5) is 15.6. The van der Waals surface area contributed by atoms with Crippen LogP contribution in [0.3, 0.4) is 0 Å². The topological polar surface area (TPSA) is 109 Å². The number of aromatic amines is 1. The maximum absolute atomic E-state index is 5.69. The van der Waals surface area contributed by atoms with Crippen LogP contribution in [0, 0.1) is 6.92 Å². The summed E-state index contributed by atoms with van der Waals surface area (Å²) in [6.45, 7) is 9.24. The van der Waals surface area contributed by atoms with Gasteiger partial charge in [-0.2, -0.15) is 10.1 Å². The molecule has 0 spiro atoms. The Bertz CT molecular complexity index is 1240. The molecule has 164 valence electrons. The minimum absolute atomic E-state index is 0.00109. The molecule has 1 fully saturated rings. The van der Waals surface area contributed by atoms with Crippen LogP contribution in [-0.4, -0.2) is 36.9 Å². The number of H-pyrrole nitrogens is 1. The predicted molar refractivity (Wildman–Crippen MR) is 122 cm³/mol. The highest BCUT2D eigenvalue weighted by molar-refractivity contribution is 5.62. The average molecular weight is 431 g/mol. The molecule has 1 aliphatic heterocycles. The molecule has 32 heavy (non-hydrogen) atoms. The van der Waals surface area contributed by atoms with Gasteiger partial charge in [0.15, 0.2) is 11.6 Å². The van der Waals surface area contributed by atoms with E-state index < -0.39 is 0 Å². The van der Waals surface area contributed by atoms with E-state index in [0.717, 1.165) is 47.2 Å². The average Bonchev–Trinajstić information content (AvgIpc) is 3.38. The summed E-state index contributed by atoms with van der Waals surface area (Å²) in [6, 6.07) is 9.79. The Kier molecular flexibility index (Phi) is 4.88. The van der Waals surface area contributed by atoms with Gasteiger partial charge in [-0.3, -0.25) is 10.1 Å². The molecule has 5 rings (SSSR count). The second kappa shape index (κ2) is 7.74. The van der Waals surface area contributed by atoms with E-state index in [9.17, 15) is 0 Å². The second-order valence-corrected chi connectivity index (χ2v) is 9.03. The van der Waals surface area contributed by atoms with Crippen LogP contribution in [0.1, 0.15) is 50.4 Å². The Labute approximate surface area is 186 Å². The third kappa shape index (κ3) is 3.81. The molecule has 1 saturated heterocycles. The highest BCUT2D eigenvalue weighted by Crippen LogP contribution is 2.38. The van der Waals surface area contributed by atoms with Gasteiger partial charge in [-0.1, -0.05) is 25.9 Å². The van der Waals surface area contributed by atoms with Gasteiger partial charge < -0.3 is 14.7 Å². The molecular weight excluding hydrogens is 404 g/mol. The van der Waals surface area contributed by atoms with Crippen molar-refractivity contribution in [2.75, 3.05) is 16.8 Å². The van der Waals surface area contributed by atoms with Crippen LogP contribution in [0.15, 0.2) is 47.2 Å². The van der Waals surface area contributed by atoms with E-state index in [1.807, 2.05) is 37.3 Å². The lowest BCUT2D eigenvalue weighted by Crippen LogP contribution is -2.41. The molecule has 2 N–H and O–H groups in total. The molecule has 5 heterocycles. The largest absolute Gasteiger partial charge is 0.359 e. The van der Waals surface area contributed by atoms with E-state index >= 15 is 0 Å². The Morgan fingerprint density at radius 2 is 2.00 bits per heavy atom. The fraction of sp³-hybridized carbons (Fsp3) is 0.348. The zero-order chi connectivity index (χ0) is 22.3. The lowest BCUT2D eigenvalue weighted by atomic mass is 9.92. The predicted octanol–water partition coefficient (Wildman–Crippen LogP) is 4.55. The maximum Gasteiger partial charge on any atom is 0.227 e. The monoisotopic (exact) mass is 430 g/mol. The van der Waals surface area contributed by atoms with Gasteiger partial charge >= 0.3 is 0 Å². The molecular formula is C23H26N8O. The fourth-order valence-electron chi connectivity index (χ4n) is 3.71. The van der Waals surface area contributed by atoms with Crippen molar-refractivity contribution in [3.05, 3.63) is 59.9 Å². The molecule has 0 saturated carbocycles. The quantitative estimate of drug-likeness (QED) is 0.475. The van der Waals surface area contributed by atoms with Crippen molar-refractivity contribution in [1.29, 1.82) is 0 Å². The number of aromatic nitrogens is 6. The van der Waals surface area contributed by atoms with Crippen molar-refractivity contribution in [3.8, 4) is 11.3 Å². The van der Waals surface area contributed by atoms with Crippen LogP contribution >= 0.6 is 0 Å². The van der Waals surface area contributed by atoms with Crippen LogP contribution in [0.5, 0.6) is 0 Å². The van der Waals surface area contributed by atoms with Crippen LogP contribution in [0.25, 0.3) is 11.3 Å². The standard InChI is InChI=1S/C23H26N8O/c1-14-15(6-5-9-24-14)16-12-18(32-30-16)17-8-11-31(17)22-25-10-7-20(27-22)26-21-13-19(28-29-21)23(2,3)4/h5-7,9-10,12-13,17H,8,11H2,1-4H3,(H2,25,26,27,28,29)/t17-/m0/s1. The fourth-order valence-corrected chi connectivity index (χ4v) is 3.71. The first-order valence-corrected chi connectivity index (χ1v) is 10.7. The second-order valence-electron chi connectivity index (χ2n) is 9.03.